The predicted octanol–water partition coefficient (Wildman–Crippen LogP) is 1.46. The molecular weight excluding hydrogens is 258 g/mol. The Hall–Kier alpha value is -1.66. The second-order valence-electron chi connectivity index (χ2n) is 3.89. The van der Waals surface area contributed by atoms with Crippen LogP contribution in [0.1, 0.15) is 12.5 Å². The third-order valence-electron chi connectivity index (χ3n) is 2.49. The number of nitrogens with zero attached hydrogens (tertiary/aromatic N) is 1. The number of nitro groups is 1. The van der Waals surface area contributed by atoms with Crippen LogP contribution in [0.2, 0.25) is 5.02 Å². The molecule has 3 N–H and O–H groups in total. The van der Waals surface area contributed by atoms with Gasteiger partial charge in [0.05, 0.1) is 4.92 Å². The van der Waals surface area contributed by atoms with Crippen LogP contribution >= 0.6 is 11.6 Å². The molecule has 18 heavy (non-hydrogen) atoms. The van der Waals surface area contributed by atoms with E-state index in [9.17, 15) is 14.9 Å². The first-order valence-electron chi connectivity index (χ1n) is 5.36. The highest BCUT2D eigenvalue weighted by molar-refractivity contribution is 6.31. The molecule has 1 amide bonds. The summed E-state index contributed by atoms with van der Waals surface area (Å²) in [5.41, 5.74) is 5.80. The van der Waals surface area contributed by atoms with Gasteiger partial charge in [0.2, 0.25) is 5.91 Å². The number of nitrogens with two attached hydrogens (primary N) is 1. The lowest BCUT2D eigenvalue weighted by Crippen LogP contribution is -2.32. The first-order valence-corrected chi connectivity index (χ1v) is 5.74. The molecule has 0 saturated heterocycles. The van der Waals surface area contributed by atoms with Crippen molar-refractivity contribution in [2.75, 3.05) is 6.54 Å². The Morgan fingerprint density at radius 3 is 2.83 bits per heavy atom. The summed E-state index contributed by atoms with van der Waals surface area (Å²) in [4.78, 5) is 21.6. The Labute approximate surface area is 109 Å². The molecule has 1 aromatic rings. The average molecular weight is 272 g/mol. The van der Waals surface area contributed by atoms with Gasteiger partial charge in [-0.2, -0.15) is 0 Å². The number of halogens is 1. The summed E-state index contributed by atoms with van der Waals surface area (Å²) in [5.74, 6) is -0.512. The molecule has 1 rings (SSSR count). The van der Waals surface area contributed by atoms with Gasteiger partial charge >= 0.3 is 0 Å². The molecule has 0 fully saturated rings. The molecule has 7 heteroatoms. The number of carbonyl (C=O) groups is 1. The number of non-ortho nitro benzene ring substituents is 1. The minimum atomic E-state index is -0.510. The van der Waals surface area contributed by atoms with Gasteiger partial charge in [-0.15, -0.1) is 0 Å². The topological polar surface area (TPSA) is 98.3 Å². The minimum Gasteiger partial charge on any atom is -0.352 e. The van der Waals surface area contributed by atoms with E-state index in [2.05, 4.69) is 5.32 Å². The molecule has 0 spiro atoms. The van der Waals surface area contributed by atoms with Gasteiger partial charge < -0.3 is 11.1 Å². The SMILES string of the molecule is CC(CN)C(=O)NCc1cc([N+](=O)[O-])ccc1Cl. The van der Waals surface area contributed by atoms with E-state index in [1.807, 2.05) is 0 Å². The number of nitrogens with one attached hydrogen (secondary N) is 1. The quantitative estimate of drug-likeness (QED) is 0.626. The molecule has 1 aromatic carbocycles. The third-order valence-corrected chi connectivity index (χ3v) is 2.86. The largest absolute Gasteiger partial charge is 0.352 e. The predicted molar refractivity (Wildman–Crippen MR) is 68.2 cm³/mol. The average Bonchev–Trinajstić information content (AvgIpc) is 2.36. The molecule has 1 atom stereocenters. The molecule has 1 unspecified atom stereocenters. The molecule has 98 valence electrons. The van der Waals surface area contributed by atoms with Gasteiger partial charge in [0.15, 0.2) is 0 Å². The van der Waals surface area contributed by atoms with Crippen molar-refractivity contribution in [3.63, 3.8) is 0 Å². The summed E-state index contributed by atoms with van der Waals surface area (Å²) in [6, 6.07) is 4.10. The second kappa shape index (κ2) is 6.32. The molecule has 0 aliphatic carbocycles. The van der Waals surface area contributed by atoms with Crippen LogP contribution in [0.25, 0.3) is 0 Å². The van der Waals surface area contributed by atoms with Gasteiger partial charge in [-0.1, -0.05) is 18.5 Å². The lowest BCUT2D eigenvalue weighted by Gasteiger charge is -2.10. The summed E-state index contributed by atoms with van der Waals surface area (Å²) >= 11 is 5.90. The highest BCUT2D eigenvalue weighted by Gasteiger charge is 2.13. The summed E-state index contributed by atoms with van der Waals surface area (Å²) < 4.78 is 0. The first-order chi connectivity index (χ1) is 8.45. The molecule has 6 nitrogen and oxygen atoms in total. The smallest absolute Gasteiger partial charge is 0.269 e. The highest BCUT2D eigenvalue weighted by atomic mass is 35.5. The van der Waals surface area contributed by atoms with E-state index in [-0.39, 0.29) is 30.6 Å². The van der Waals surface area contributed by atoms with Crippen molar-refractivity contribution < 1.29 is 9.72 Å². The van der Waals surface area contributed by atoms with E-state index in [4.69, 9.17) is 17.3 Å². The maximum absolute atomic E-state index is 11.5. The van der Waals surface area contributed by atoms with Crippen molar-refractivity contribution in [2.45, 2.75) is 13.5 Å². The molecule has 0 saturated carbocycles. The fourth-order valence-electron chi connectivity index (χ4n) is 1.27. The van der Waals surface area contributed by atoms with Crippen LogP contribution in [0.5, 0.6) is 0 Å². The van der Waals surface area contributed by atoms with Crippen molar-refractivity contribution in [3.05, 3.63) is 38.9 Å². The van der Waals surface area contributed by atoms with Crippen molar-refractivity contribution in [2.24, 2.45) is 11.7 Å². The van der Waals surface area contributed by atoms with Gasteiger partial charge in [0, 0.05) is 36.2 Å². The maximum Gasteiger partial charge on any atom is 0.269 e. The van der Waals surface area contributed by atoms with Crippen LogP contribution in [-0.4, -0.2) is 17.4 Å². The molecule has 0 aromatic heterocycles. The van der Waals surface area contributed by atoms with Gasteiger partial charge in [-0.3, -0.25) is 14.9 Å². The lowest BCUT2D eigenvalue weighted by atomic mass is 10.1. The molecule has 0 aliphatic heterocycles. The van der Waals surface area contributed by atoms with E-state index in [1.54, 1.807) is 6.92 Å². The molecule has 0 heterocycles. The number of nitro benzene ring substituents is 1. The van der Waals surface area contributed by atoms with Crippen molar-refractivity contribution >= 4 is 23.2 Å². The monoisotopic (exact) mass is 271 g/mol. The van der Waals surface area contributed by atoms with Crippen LogP contribution < -0.4 is 11.1 Å². The number of amides is 1. The van der Waals surface area contributed by atoms with Crippen LogP contribution in [0.3, 0.4) is 0 Å². The van der Waals surface area contributed by atoms with Gasteiger partial charge in [-0.05, 0) is 11.6 Å². The van der Waals surface area contributed by atoms with E-state index in [0.29, 0.717) is 10.6 Å². The minimum absolute atomic E-state index is 0.0597. The Kier molecular flexibility index (Phi) is 5.06. The van der Waals surface area contributed by atoms with Crippen LogP contribution in [0, 0.1) is 16.0 Å². The number of carbonyl (C=O) groups excluding carboxylic acids is 1. The lowest BCUT2D eigenvalue weighted by molar-refractivity contribution is -0.384. The molecule has 0 aliphatic rings. The zero-order valence-corrected chi connectivity index (χ0v) is 10.6. The fourth-order valence-corrected chi connectivity index (χ4v) is 1.46. The number of benzene rings is 1. The van der Waals surface area contributed by atoms with Crippen molar-refractivity contribution in [1.29, 1.82) is 0 Å². The maximum atomic E-state index is 11.5. The molecule has 0 radical (unpaired) electrons. The summed E-state index contributed by atoms with van der Waals surface area (Å²) in [6.07, 6.45) is 0. The van der Waals surface area contributed by atoms with Crippen LogP contribution in [0.15, 0.2) is 18.2 Å². The van der Waals surface area contributed by atoms with Gasteiger partial charge in [0.25, 0.3) is 5.69 Å². The van der Waals surface area contributed by atoms with E-state index in [0.717, 1.165) is 0 Å². The first kappa shape index (κ1) is 14.4. The number of rotatable bonds is 5. The Bertz CT molecular complexity index is 465. The van der Waals surface area contributed by atoms with Crippen LogP contribution in [-0.2, 0) is 11.3 Å². The normalized spacial score (nSPS) is 11.9. The van der Waals surface area contributed by atoms with Crippen molar-refractivity contribution in [3.8, 4) is 0 Å². The zero-order chi connectivity index (χ0) is 13.7. The Balaban J connectivity index is 2.75. The molecule has 0 bridgehead atoms. The summed E-state index contributed by atoms with van der Waals surface area (Å²) in [5, 5.41) is 13.6. The molecular formula is C11H14ClN3O3. The zero-order valence-electron chi connectivity index (χ0n) is 9.85. The standard InChI is InChI=1S/C11H14ClN3O3/c1-7(5-13)11(16)14-6-8-4-9(15(17)18)2-3-10(8)12/h2-4,7H,5-6,13H2,1H3,(H,14,16). The van der Waals surface area contributed by atoms with E-state index in [1.165, 1.54) is 18.2 Å². The van der Waals surface area contributed by atoms with Crippen molar-refractivity contribution in [1.82, 2.24) is 5.32 Å². The second-order valence-corrected chi connectivity index (χ2v) is 4.29. The Morgan fingerprint density at radius 1 is 1.61 bits per heavy atom. The van der Waals surface area contributed by atoms with Gasteiger partial charge in [0.1, 0.15) is 0 Å². The third kappa shape index (κ3) is 3.68. The summed E-state index contributed by atoms with van der Waals surface area (Å²) in [7, 11) is 0. The van der Waals surface area contributed by atoms with E-state index < -0.39 is 4.92 Å². The Morgan fingerprint density at radius 2 is 2.28 bits per heavy atom. The summed E-state index contributed by atoms with van der Waals surface area (Å²) in [6.45, 7) is 2.09. The van der Waals surface area contributed by atoms with E-state index >= 15 is 0 Å². The number of hydrogen-bond acceptors (Lipinski definition) is 4. The van der Waals surface area contributed by atoms with Gasteiger partial charge in [-0.25, -0.2) is 0 Å². The highest BCUT2D eigenvalue weighted by Crippen LogP contribution is 2.21. The van der Waals surface area contributed by atoms with Crippen LogP contribution in [0.4, 0.5) is 5.69 Å². The number of hydrogen-bond donors (Lipinski definition) is 2. The fraction of sp³-hybridized carbons (Fsp3) is 0.364.